The smallest absolute Gasteiger partial charge is 0.322 e. The van der Waals surface area contributed by atoms with Crippen LogP contribution in [0.3, 0.4) is 0 Å². The van der Waals surface area contributed by atoms with Gasteiger partial charge in [-0.25, -0.2) is 9.97 Å². The van der Waals surface area contributed by atoms with E-state index in [-0.39, 0.29) is 17.1 Å². The molecule has 0 bridgehead atoms. The maximum Gasteiger partial charge on any atom is 0.322 e. The van der Waals surface area contributed by atoms with E-state index in [0.29, 0.717) is 34.3 Å². The number of fused-ring (bicyclic) bond motifs is 5. The van der Waals surface area contributed by atoms with Crippen LogP contribution in [0, 0.1) is 17.3 Å². The number of carbonyl (C=O) groups excluding carboxylic acids is 2. The standard InChI is InChI=1S/C24H27N3O4/c1-14(28)27(30)16-12-25-23(26-13-16)31-17-4-6-18-15(11-17)3-5-20-19(18)9-10-24(2)21(20)7-8-22(24)29/h4,6,11-13,19-21,30H,3,5,7-10H2,1-2H3/t19-,20-,21+,24+/m1/s1. The topological polar surface area (TPSA) is 92.6 Å². The number of benzene rings is 1. The van der Waals surface area contributed by atoms with Gasteiger partial charge in [-0.1, -0.05) is 13.0 Å². The van der Waals surface area contributed by atoms with Gasteiger partial charge in [0.05, 0.1) is 12.4 Å². The Bertz CT molecular complexity index is 1040. The summed E-state index contributed by atoms with van der Waals surface area (Å²) in [6, 6.07) is 6.36. The molecule has 2 aromatic rings. The molecule has 3 aliphatic rings. The third-order valence-corrected chi connectivity index (χ3v) is 7.77. The number of hydrogen-bond donors (Lipinski definition) is 1. The third-order valence-electron chi connectivity index (χ3n) is 7.77. The minimum absolute atomic E-state index is 0.0994. The number of rotatable bonds is 3. The molecule has 31 heavy (non-hydrogen) atoms. The molecule has 1 N–H and O–H groups in total. The molecule has 2 saturated carbocycles. The summed E-state index contributed by atoms with van der Waals surface area (Å²) in [5, 5.41) is 10.1. The van der Waals surface area contributed by atoms with Crippen molar-refractivity contribution in [3.63, 3.8) is 0 Å². The Kier molecular flexibility index (Phi) is 4.81. The number of ketones is 1. The molecule has 3 aliphatic carbocycles. The van der Waals surface area contributed by atoms with E-state index >= 15 is 0 Å². The minimum Gasteiger partial charge on any atom is -0.424 e. The number of carbonyl (C=O) groups is 2. The monoisotopic (exact) mass is 421 g/mol. The molecule has 0 spiro atoms. The molecule has 1 aromatic heterocycles. The van der Waals surface area contributed by atoms with Crippen molar-refractivity contribution >= 4 is 17.4 Å². The molecular formula is C24H27N3O4. The van der Waals surface area contributed by atoms with Crippen molar-refractivity contribution < 1.29 is 19.5 Å². The lowest BCUT2D eigenvalue weighted by molar-refractivity contribution is -0.129. The van der Waals surface area contributed by atoms with Crippen molar-refractivity contribution in [3.05, 3.63) is 41.7 Å². The van der Waals surface area contributed by atoms with E-state index < -0.39 is 5.91 Å². The summed E-state index contributed by atoms with van der Waals surface area (Å²) in [5.74, 6) is 2.28. The zero-order valence-electron chi connectivity index (χ0n) is 17.9. The largest absolute Gasteiger partial charge is 0.424 e. The van der Waals surface area contributed by atoms with Crippen LogP contribution in [0.15, 0.2) is 30.6 Å². The molecule has 1 aromatic carbocycles. The van der Waals surface area contributed by atoms with Crippen LogP contribution in [-0.2, 0) is 16.0 Å². The molecule has 162 valence electrons. The molecular weight excluding hydrogens is 394 g/mol. The minimum atomic E-state index is -0.518. The Balaban J connectivity index is 1.33. The highest BCUT2D eigenvalue weighted by atomic mass is 16.5. The van der Waals surface area contributed by atoms with E-state index in [9.17, 15) is 14.8 Å². The van der Waals surface area contributed by atoms with Crippen LogP contribution in [0.4, 0.5) is 5.69 Å². The Morgan fingerprint density at radius 1 is 1.19 bits per heavy atom. The van der Waals surface area contributed by atoms with Gasteiger partial charge in [0, 0.05) is 18.8 Å². The molecule has 7 heteroatoms. The lowest BCUT2D eigenvalue weighted by Crippen LogP contribution is -2.42. The highest BCUT2D eigenvalue weighted by Crippen LogP contribution is 2.59. The first kappa shape index (κ1) is 20.1. The van der Waals surface area contributed by atoms with Crippen LogP contribution >= 0.6 is 0 Å². The Hall–Kier alpha value is -2.80. The van der Waals surface area contributed by atoms with Crippen molar-refractivity contribution in [2.75, 3.05) is 5.06 Å². The fourth-order valence-electron chi connectivity index (χ4n) is 6.15. The van der Waals surface area contributed by atoms with Crippen LogP contribution in [0.5, 0.6) is 11.8 Å². The molecule has 0 radical (unpaired) electrons. The predicted octanol–water partition coefficient (Wildman–Crippen LogP) is 4.44. The van der Waals surface area contributed by atoms with Crippen LogP contribution in [0.25, 0.3) is 0 Å². The highest BCUT2D eigenvalue weighted by molar-refractivity contribution is 5.88. The number of Topliss-reactive ketones (excluding diaryl/α,β-unsaturated/α-hetero) is 1. The zero-order valence-corrected chi connectivity index (χ0v) is 17.9. The van der Waals surface area contributed by atoms with E-state index in [1.54, 1.807) is 0 Å². The number of hydrogen-bond acceptors (Lipinski definition) is 6. The predicted molar refractivity (Wildman–Crippen MR) is 113 cm³/mol. The highest BCUT2D eigenvalue weighted by Gasteiger charge is 2.54. The molecule has 0 aliphatic heterocycles. The number of amides is 1. The van der Waals surface area contributed by atoms with Crippen LogP contribution in [0.2, 0.25) is 0 Å². The number of aryl methyl sites for hydroxylation is 1. The maximum absolute atomic E-state index is 12.5. The van der Waals surface area contributed by atoms with Gasteiger partial charge in [0.2, 0.25) is 5.91 Å². The lowest BCUT2D eigenvalue weighted by Gasteiger charge is -2.48. The van der Waals surface area contributed by atoms with Crippen LogP contribution < -0.4 is 9.80 Å². The van der Waals surface area contributed by atoms with Gasteiger partial charge in [-0.2, -0.15) is 5.06 Å². The fraction of sp³-hybridized carbons (Fsp3) is 0.500. The Morgan fingerprint density at radius 3 is 2.71 bits per heavy atom. The molecule has 1 amide bonds. The van der Waals surface area contributed by atoms with Gasteiger partial charge in [-0.3, -0.25) is 14.8 Å². The number of ether oxygens (including phenoxy) is 1. The van der Waals surface area contributed by atoms with E-state index in [1.807, 2.05) is 6.07 Å². The van der Waals surface area contributed by atoms with Crippen molar-refractivity contribution in [2.24, 2.45) is 17.3 Å². The second-order valence-corrected chi connectivity index (χ2v) is 9.35. The molecule has 7 nitrogen and oxygen atoms in total. The summed E-state index contributed by atoms with van der Waals surface area (Å²) < 4.78 is 5.82. The second kappa shape index (κ2) is 7.41. The molecule has 2 fully saturated rings. The quantitative estimate of drug-likeness (QED) is 0.582. The number of aromatic nitrogens is 2. The number of anilines is 1. The maximum atomic E-state index is 12.5. The van der Waals surface area contributed by atoms with Gasteiger partial charge in [-0.15, -0.1) is 0 Å². The van der Waals surface area contributed by atoms with Crippen molar-refractivity contribution in [2.45, 2.75) is 58.3 Å². The van der Waals surface area contributed by atoms with Crippen LogP contribution in [-0.4, -0.2) is 26.9 Å². The van der Waals surface area contributed by atoms with Crippen molar-refractivity contribution in [3.8, 4) is 11.8 Å². The lowest BCUT2D eigenvalue weighted by atomic mass is 9.55. The fourth-order valence-corrected chi connectivity index (χ4v) is 6.15. The van der Waals surface area contributed by atoms with E-state index in [1.165, 1.54) is 30.4 Å². The molecule has 4 atom stereocenters. The normalized spacial score (nSPS) is 29.0. The van der Waals surface area contributed by atoms with E-state index in [4.69, 9.17) is 4.74 Å². The van der Waals surface area contributed by atoms with Gasteiger partial charge in [0.1, 0.15) is 17.2 Å². The average molecular weight is 421 g/mol. The average Bonchev–Trinajstić information content (AvgIpc) is 3.08. The summed E-state index contributed by atoms with van der Waals surface area (Å²) in [7, 11) is 0. The zero-order chi connectivity index (χ0) is 21.8. The first-order valence-electron chi connectivity index (χ1n) is 11.0. The van der Waals surface area contributed by atoms with Gasteiger partial charge in [0.25, 0.3) is 0 Å². The van der Waals surface area contributed by atoms with Crippen molar-refractivity contribution in [1.29, 1.82) is 0 Å². The molecule has 5 rings (SSSR count). The van der Waals surface area contributed by atoms with Gasteiger partial charge >= 0.3 is 6.01 Å². The Morgan fingerprint density at radius 2 is 1.97 bits per heavy atom. The van der Waals surface area contributed by atoms with Gasteiger partial charge in [0.15, 0.2) is 0 Å². The number of nitrogens with zero attached hydrogens (tertiary/aromatic N) is 3. The summed E-state index contributed by atoms with van der Waals surface area (Å²) >= 11 is 0. The summed E-state index contributed by atoms with van der Waals surface area (Å²) in [5.41, 5.74) is 2.80. The molecule has 0 saturated heterocycles. The number of hydroxylamine groups is 1. The van der Waals surface area contributed by atoms with Crippen LogP contribution in [0.1, 0.15) is 63.0 Å². The molecule has 1 heterocycles. The van der Waals surface area contributed by atoms with E-state index in [2.05, 4.69) is 29.0 Å². The van der Waals surface area contributed by atoms with Gasteiger partial charge < -0.3 is 4.74 Å². The molecule has 0 unspecified atom stereocenters. The van der Waals surface area contributed by atoms with E-state index in [0.717, 1.165) is 38.5 Å². The Labute approximate surface area is 181 Å². The SMILES string of the molecule is CC(=O)N(O)c1cnc(Oc2ccc3c(c2)CC[C@@H]2[C@@H]3CC[C@]3(C)C(=O)CC[C@@H]23)nc1. The second-order valence-electron chi connectivity index (χ2n) is 9.35. The summed E-state index contributed by atoms with van der Waals surface area (Å²) in [4.78, 5) is 31.9. The first-order chi connectivity index (χ1) is 14.9. The first-order valence-corrected chi connectivity index (χ1v) is 11.0. The van der Waals surface area contributed by atoms with Crippen molar-refractivity contribution in [1.82, 2.24) is 9.97 Å². The summed E-state index contributed by atoms with van der Waals surface area (Å²) in [6.45, 7) is 3.45. The van der Waals surface area contributed by atoms with Gasteiger partial charge in [-0.05, 0) is 73.1 Å². The third kappa shape index (κ3) is 3.31. The summed E-state index contributed by atoms with van der Waals surface area (Å²) in [6.07, 6.45) is 8.68.